The lowest BCUT2D eigenvalue weighted by atomic mass is 10.1. The molecule has 1 saturated heterocycles. The highest BCUT2D eigenvalue weighted by Gasteiger charge is 2.27. The zero-order valence-corrected chi connectivity index (χ0v) is 9.85. The minimum atomic E-state index is -0.242. The molecule has 0 bridgehead atoms. The van der Waals surface area contributed by atoms with Crippen LogP contribution in [0.3, 0.4) is 0 Å². The van der Waals surface area contributed by atoms with Crippen LogP contribution in [-0.2, 0) is 4.79 Å². The first-order valence-electron chi connectivity index (χ1n) is 5.59. The van der Waals surface area contributed by atoms with Gasteiger partial charge in [-0.1, -0.05) is 0 Å². The number of amides is 1. The first-order chi connectivity index (χ1) is 8.11. The molecular weight excluding hydrogens is 218 g/mol. The molecule has 1 heterocycles. The van der Waals surface area contributed by atoms with Crippen LogP contribution in [0.15, 0.2) is 18.2 Å². The van der Waals surface area contributed by atoms with E-state index in [-0.39, 0.29) is 11.8 Å². The van der Waals surface area contributed by atoms with Crippen molar-refractivity contribution in [1.82, 2.24) is 0 Å². The van der Waals surface area contributed by atoms with E-state index in [2.05, 4.69) is 4.90 Å². The van der Waals surface area contributed by atoms with Gasteiger partial charge in [0.05, 0.1) is 24.4 Å². The quantitative estimate of drug-likeness (QED) is 0.751. The fourth-order valence-corrected chi connectivity index (χ4v) is 2.14. The molecule has 1 aliphatic heterocycles. The summed E-state index contributed by atoms with van der Waals surface area (Å²) in [7, 11) is 1.62. The zero-order chi connectivity index (χ0) is 12.4. The predicted molar refractivity (Wildman–Crippen MR) is 66.9 cm³/mol. The van der Waals surface area contributed by atoms with Crippen molar-refractivity contribution in [2.45, 2.75) is 6.42 Å². The molecule has 1 fully saturated rings. The average Bonchev–Trinajstić information content (AvgIpc) is 2.79. The largest absolute Gasteiger partial charge is 0.497 e. The molecule has 1 unspecified atom stereocenters. The lowest BCUT2D eigenvalue weighted by Gasteiger charge is -2.20. The topological polar surface area (TPSA) is 81.6 Å². The second-order valence-corrected chi connectivity index (χ2v) is 4.26. The Morgan fingerprint density at radius 2 is 2.29 bits per heavy atom. The van der Waals surface area contributed by atoms with Gasteiger partial charge in [0.15, 0.2) is 0 Å². The van der Waals surface area contributed by atoms with E-state index in [0.717, 1.165) is 24.4 Å². The molecule has 0 aliphatic carbocycles. The number of methoxy groups -OCH3 is 1. The van der Waals surface area contributed by atoms with E-state index in [4.69, 9.17) is 16.2 Å². The van der Waals surface area contributed by atoms with E-state index in [1.54, 1.807) is 7.11 Å². The zero-order valence-electron chi connectivity index (χ0n) is 9.85. The number of anilines is 2. The van der Waals surface area contributed by atoms with Crippen molar-refractivity contribution < 1.29 is 9.53 Å². The number of hydrogen-bond acceptors (Lipinski definition) is 4. The predicted octanol–water partition coefficient (Wildman–Crippen LogP) is 0.589. The summed E-state index contributed by atoms with van der Waals surface area (Å²) in [6, 6.07) is 5.52. The minimum absolute atomic E-state index is 0.0828. The van der Waals surface area contributed by atoms with Crippen molar-refractivity contribution >= 4 is 17.3 Å². The van der Waals surface area contributed by atoms with Crippen molar-refractivity contribution in [3.63, 3.8) is 0 Å². The van der Waals surface area contributed by atoms with Gasteiger partial charge in [0.1, 0.15) is 5.75 Å². The normalized spacial score (nSPS) is 19.4. The van der Waals surface area contributed by atoms with Crippen LogP contribution >= 0.6 is 0 Å². The van der Waals surface area contributed by atoms with E-state index < -0.39 is 0 Å². The van der Waals surface area contributed by atoms with E-state index in [9.17, 15) is 4.79 Å². The second-order valence-electron chi connectivity index (χ2n) is 4.26. The third-order valence-corrected chi connectivity index (χ3v) is 3.17. The van der Waals surface area contributed by atoms with Crippen molar-refractivity contribution in [1.29, 1.82) is 0 Å². The maximum absolute atomic E-state index is 11.1. The molecule has 1 aliphatic rings. The Morgan fingerprint density at radius 3 is 2.88 bits per heavy atom. The molecule has 1 amide bonds. The summed E-state index contributed by atoms with van der Waals surface area (Å²) in [5.41, 5.74) is 12.8. The fourth-order valence-electron chi connectivity index (χ4n) is 2.14. The number of nitrogen functional groups attached to an aromatic ring is 1. The Kier molecular flexibility index (Phi) is 3.08. The number of carbonyl (C=O) groups is 1. The third kappa shape index (κ3) is 2.27. The van der Waals surface area contributed by atoms with Crippen LogP contribution in [0.25, 0.3) is 0 Å². The van der Waals surface area contributed by atoms with Gasteiger partial charge in [0, 0.05) is 19.2 Å². The molecule has 1 aromatic carbocycles. The summed E-state index contributed by atoms with van der Waals surface area (Å²) in [5, 5.41) is 0. The molecule has 0 radical (unpaired) electrons. The molecule has 92 valence electrons. The molecule has 5 nitrogen and oxygen atoms in total. The van der Waals surface area contributed by atoms with Crippen molar-refractivity contribution in [3.8, 4) is 5.75 Å². The standard InChI is InChI=1S/C12H17N3O2/c1-17-9-2-3-10(13)11(6-9)15-5-4-8(7-15)12(14)16/h2-3,6,8H,4-5,7,13H2,1H3,(H2,14,16). The number of rotatable bonds is 3. The molecule has 5 heteroatoms. The summed E-state index contributed by atoms with van der Waals surface area (Å²) < 4.78 is 5.17. The molecule has 0 spiro atoms. The number of hydrogen-bond donors (Lipinski definition) is 2. The van der Waals surface area contributed by atoms with Crippen LogP contribution < -0.4 is 21.1 Å². The highest BCUT2D eigenvalue weighted by atomic mass is 16.5. The summed E-state index contributed by atoms with van der Waals surface area (Å²) in [4.78, 5) is 13.2. The number of benzene rings is 1. The molecular formula is C12H17N3O2. The first kappa shape index (κ1) is 11.6. The molecule has 0 saturated carbocycles. The first-order valence-corrected chi connectivity index (χ1v) is 5.59. The molecule has 17 heavy (non-hydrogen) atoms. The van der Waals surface area contributed by atoms with Crippen LogP contribution in [0, 0.1) is 5.92 Å². The van der Waals surface area contributed by atoms with Gasteiger partial charge in [-0.05, 0) is 18.6 Å². The maximum atomic E-state index is 11.1. The summed E-state index contributed by atoms with van der Waals surface area (Å²) in [5.74, 6) is 0.436. The minimum Gasteiger partial charge on any atom is -0.497 e. The number of ether oxygens (including phenoxy) is 1. The highest BCUT2D eigenvalue weighted by molar-refractivity contribution is 5.79. The molecule has 2 rings (SSSR count). The van der Waals surface area contributed by atoms with E-state index in [0.29, 0.717) is 12.2 Å². The van der Waals surface area contributed by atoms with Gasteiger partial charge in [-0.25, -0.2) is 0 Å². The van der Waals surface area contributed by atoms with Gasteiger partial charge in [0.25, 0.3) is 0 Å². The van der Waals surface area contributed by atoms with Crippen LogP contribution in [0.1, 0.15) is 6.42 Å². The van der Waals surface area contributed by atoms with Gasteiger partial charge in [-0.3, -0.25) is 4.79 Å². The van der Waals surface area contributed by atoms with Crippen LogP contribution in [-0.4, -0.2) is 26.1 Å². The smallest absolute Gasteiger partial charge is 0.222 e. The van der Waals surface area contributed by atoms with Crippen LogP contribution in [0.4, 0.5) is 11.4 Å². The number of carbonyl (C=O) groups excluding carboxylic acids is 1. The SMILES string of the molecule is COc1ccc(N)c(N2CCC(C(N)=O)C2)c1. The lowest BCUT2D eigenvalue weighted by Crippen LogP contribution is -2.27. The van der Waals surface area contributed by atoms with E-state index in [1.807, 2.05) is 18.2 Å². The van der Waals surface area contributed by atoms with Gasteiger partial charge in [-0.2, -0.15) is 0 Å². The molecule has 0 aromatic heterocycles. The third-order valence-electron chi connectivity index (χ3n) is 3.17. The van der Waals surface area contributed by atoms with Gasteiger partial charge >= 0.3 is 0 Å². The Morgan fingerprint density at radius 1 is 1.53 bits per heavy atom. The molecule has 1 aromatic rings. The van der Waals surface area contributed by atoms with Crippen molar-refractivity contribution in [2.75, 3.05) is 30.8 Å². The summed E-state index contributed by atoms with van der Waals surface area (Å²) in [6.07, 6.45) is 0.784. The highest BCUT2D eigenvalue weighted by Crippen LogP contribution is 2.31. The monoisotopic (exact) mass is 235 g/mol. The Hall–Kier alpha value is -1.91. The fraction of sp³-hybridized carbons (Fsp3) is 0.417. The number of nitrogens with zero attached hydrogens (tertiary/aromatic N) is 1. The van der Waals surface area contributed by atoms with E-state index in [1.165, 1.54) is 0 Å². The average molecular weight is 235 g/mol. The van der Waals surface area contributed by atoms with Gasteiger partial charge in [-0.15, -0.1) is 0 Å². The number of primary amides is 1. The molecule has 4 N–H and O–H groups in total. The van der Waals surface area contributed by atoms with Crippen LogP contribution in [0.5, 0.6) is 5.75 Å². The van der Waals surface area contributed by atoms with Crippen LogP contribution in [0.2, 0.25) is 0 Å². The summed E-state index contributed by atoms with van der Waals surface area (Å²) in [6.45, 7) is 1.43. The van der Waals surface area contributed by atoms with Gasteiger partial charge in [0.2, 0.25) is 5.91 Å². The number of nitrogens with two attached hydrogens (primary N) is 2. The van der Waals surface area contributed by atoms with Crippen molar-refractivity contribution in [2.24, 2.45) is 11.7 Å². The summed E-state index contributed by atoms with van der Waals surface area (Å²) >= 11 is 0. The van der Waals surface area contributed by atoms with Crippen molar-refractivity contribution in [3.05, 3.63) is 18.2 Å². The Labute approximate surface area is 100 Å². The molecule has 1 atom stereocenters. The van der Waals surface area contributed by atoms with E-state index >= 15 is 0 Å². The second kappa shape index (κ2) is 4.53. The Balaban J connectivity index is 2.20. The Bertz CT molecular complexity index is 434. The maximum Gasteiger partial charge on any atom is 0.222 e. The lowest BCUT2D eigenvalue weighted by molar-refractivity contribution is -0.121. The van der Waals surface area contributed by atoms with Gasteiger partial charge < -0.3 is 21.1 Å².